The molecule has 1 heterocycles. The van der Waals surface area contributed by atoms with E-state index in [9.17, 15) is 0 Å². The zero-order chi connectivity index (χ0) is 9.97. The Hall–Kier alpha value is -0.900. The lowest BCUT2D eigenvalue weighted by Gasteiger charge is -2.19. The Balaban J connectivity index is 2.14. The molecule has 1 aliphatic rings. The van der Waals surface area contributed by atoms with Gasteiger partial charge >= 0.3 is 0 Å². The maximum absolute atomic E-state index is 9.05. The Morgan fingerprint density at radius 3 is 2.71 bits per heavy atom. The molecule has 0 aromatic heterocycles. The summed E-state index contributed by atoms with van der Waals surface area (Å²) in [6.07, 6.45) is 0.0864. The van der Waals surface area contributed by atoms with Crippen LogP contribution in [0.2, 0.25) is 0 Å². The molecule has 2 atom stereocenters. The monoisotopic (exact) mass is 193 g/mol. The van der Waals surface area contributed by atoms with Crippen LogP contribution in [0.4, 0.5) is 0 Å². The van der Waals surface area contributed by atoms with Crippen LogP contribution in [-0.2, 0) is 4.74 Å². The summed E-state index contributed by atoms with van der Waals surface area (Å²) in [7, 11) is 0. The van der Waals surface area contributed by atoms with Crippen molar-refractivity contribution in [3.63, 3.8) is 0 Å². The van der Waals surface area contributed by atoms with Gasteiger partial charge in [0, 0.05) is 6.04 Å². The average molecular weight is 193 g/mol. The van der Waals surface area contributed by atoms with E-state index >= 15 is 0 Å². The predicted octanol–water partition coefficient (Wildman–Crippen LogP) is 1.36. The van der Waals surface area contributed by atoms with Crippen molar-refractivity contribution in [1.29, 1.82) is 0 Å². The van der Waals surface area contributed by atoms with Gasteiger partial charge in [-0.2, -0.15) is 0 Å². The first-order chi connectivity index (χ1) is 6.83. The first-order valence-corrected chi connectivity index (χ1v) is 4.84. The molecule has 0 radical (unpaired) electrons. The van der Waals surface area contributed by atoms with Crippen molar-refractivity contribution in [3.8, 4) is 0 Å². The minimum absolute atomic E-state index is 0.0600. The standard InChI is InChI=1S/C11H15NO2/c1-9-11(14-8-12(9)7-13)10-5-3-2-4-6-10/h2-6,9,11,13H,7-8H2,1H3. The predicted molar refractivity (Wildman–Crippen MR) is 53.5 cm³/mol. The number of aliphatic hydroxyl groups excluding tert-OH is 1. The highest BCUT2D eigenvalue weighted by Gasteiger charge is 2.31. The van der Waals surface area contributed by atoms with E-state index in [0.717, 1.165) is 0 Å². The maximum atomic E-state index is 9.05. The molecule has 0 bridgehead atoms. The number of rotatable bonds is 2. The molecule has 1 aromatic carbocycles. The van der Waals surface area contributed by atoms with Gasteiger partial charge in [-0.25, -0.2) is 0 Å². The van der Waals surface area contributed by atoms with E-state index in [1.165, 1.54) is 5.56 Å². The van der Waals surface area contributed by atoms with E-state index in [4.69, 9.17) is 9.84 Å². The Bertz CT molecular complexity index is 289. The summed E-state index contributed by atoms with van der Waals surface area (Å²) in [6, 6.07) is 10.4. The van der Waals surface area contributed by atoms with Gasteiger partial charge in [-0.05, 0) is 12.5 Å². The van der Waals surface area contributed by atoms with Gasteiger partial charge < -0.3 is 9.84 Å². The first kappa shape index (κ1) is 9.65. The third kappa shape index (κ3) is 1.66. The molecule has 0 amide bonds. The van der Waals surface area contributed by atoms with Crippen LogP contribution in [0.1, 0.15) is 18.6 Å². The van der Waals surface area contributed by atoms with E-state index in [0.29, 0.717) is 6.73 Å². The number of ether oxygens (including phenoxy) is 1. The maximum Gasteiger partial charge on any atom is 0.102 e. The van der Waals surface area contributed by atoms with Crippen LogP contribution in [0.5, 0.6) is 0 Å². The van der Waals surface area contributed by atoms with Crippen LogP contribution in [0.25, 0.3) is 0 Å². The van der Waals surface area contributed by atoms with Gasteiger partial charge in [0.25, 0.3) is 0 Å². The topological polar surface area (TPSA) is 32.7 Å². The largest absolute Gasteiger partial charge is 0.381 e. The summed E-state index contributed by atoms with van der Waals surface area (Å²) < 4.78 is 5.62. The summed E-state index contributed by atoms with van der Waals surface area (Å²) in [6.45, 7) is 2.64. The third-order valence-electron chi connectivity index (χ3n) is 2.74. The van der Waals surface area contributed by atoms with Crippen LogP contribution in [0, 0.1) is 0 Å². The van der Waals surface area contributed by atoms with Crippen molar-refractivity contribution in [1.82, 2.24) is 4.90 Å². The Labute approximate surface area is 83.9 Å². The van der Waals surface area contributed by atoms with E-state index < -0.39 is 0 Å². The Morgan fingerprint density at radius 2 is 2.14 bits per heavy atom. The highest BCUT2D eigenvalue weighted by atomic mass is 16.5. The Kier molecular flexibility index (Phi) is 2.82. The molecule has 1 N–H and O–H groups in total. The third-order valence-corrected chi connectivity index (χ3v) is 2.74. The van der Waals surface area contributed by atoms with E-state index in [2.05, 4.69) is 19.1 Å². The van der Waals surface area contributed by atoms with Crippen LogP contribution in [0.15, 0.2) is 30.3 Å². The molecule has 2 unspecified atom stereocenters. The van der Waals surface area contributed by atoms with Gasteiger partial charge in [0.2, 0.25) is 0 Å². The molecule has 1 aliphatic heterocycles. The molecule has 1 aromatic rings. The van der Waals surface area contributed by atoms with Crippen LogP contribution in [0.3, 0.4) is 0 Å². The van der Waals surface area contributed by atoms with Crippen LogP contribution >= 0.6 is 0 Å². The lowest BCUT2D eigenvalue weighted by Crippen LogP contribution is -2.30. The van der Waals surface area contributed by atoms with Gasteiger partial charge in [0.15, 0.2) is 0 Å². The molecule has 1 fully saturated rings. The van der Waals surface area contributed by atoms with Crippen molar-refractivity contribution in [2.75, 3.05) is 13.5 Å². The van der Waals surface area contributed by atoms with Gasteiger partial charge in [0.1, 0.15) is 6.73 Å². The lowest BCUT2D eigenvalue weighted by molar-refractivity contribution is 0.0533. The first-order valence-electron chi connectivity index (χ1n) is 4.84. The molecule has 76 valence electrons. The second-order valence-electron chi connectivity index (χ2n) is 3.60. The summed E-state index contributed by atoms with van der Waals surface area (Å²) >= 11 is 0. The zero-order valence-corrected chi connectivity index (χ0v) is 8.26. The molecule has 0 spiro atoms. The zero-order valence-electron chi connectivity index (χ0n) is 8.26. The molecular formula is C11H15NO2. The molecule has 14 heavy (non-hydrogen) atoms. The second kappa shape index (κ2) is 4.09. The fraction of sp³-hybridized carbons (Fsp3) is 0.455. The van der Waals surface area contributed by atoms with Gasteiger partial charge in [-0.15, -0.1) is 0 Å². The van der Waals surface area contributed by atoms with Crippen molar-refractivity contribution in [2.24, 2.45) is 0 Å². The normalized spacial score (nSPS) is 28.1. The lowest BCUT2D eigenvalue weighted by atomic mass is 10.0. The molecule has 1 saturated heterocycles. The number of hydrogen-bond donors (Lipinski definition) is 1. The molecule has 3 heteroatoms. The quantitative estimate of drug-likeness (QED) is 0.769. The van der Waals surface area contributed by atoms with Crippen molar-refractivity contribution >= 4 is 0 Å². The summed E-state index contributed by atoms with van der Waals surface area (Å²) in [5.41, 5.74) is 1.18. The minimum atomic E-state index is 0.0600. The highest BCUT2D eigenvalue weighted by molar-refractivity contribution is 5.19. The van der Waals surface area contributed by atoms with Crippen molar-refractivity contribution < 1.29 is 9.84 Å². The fourth-order valence-electron chi connectivity index (χ4n) is 1.81. The molecule has 2 rings (SSSR count). The van der Waals surface area contributed by atoms with Crippen molar-refractivity contribution in [2.45, 2.75) is 19.1 Å². The van der Waals surface area contributed by atoms with Gasteiger partial charge in [-0.1, -0.05) is 30.3 Å². The van der Waals surface area contributed by atoms with E-state index in [1.807, 2.05) is 23.1 Å². The molecule has 3 nitrogen and oxygen atoms in total. The Morgan fingerprint density at radius 1 is 1.43 bits per heavy atom. The summed E-state index contributed by atoms with van der Waals surface area (Å²) in [4.78, 5) is 1.90. The number of hydrogen-bond acceptors (Lipinski definition) is 3. The average Bonchev–Trinajstić information content (AvgIpc) is 2.61. The molecular weight excluding hydrogens is 178 g/mol. The van der Waals surface area contributed by atoms with Gasteiger partial charge in [-0.3, -0.25) is 4.90 Å². The van der Waals surface area contributed by atoms with Crippen molar-refractivity contribution in [3.05, 3.63) is 35.9 Å². The highest BCUT2D eigenvalue weighted by Crippen LogP contribution is 2.29. The minimum Gasteiger partial charge on any atom is -0.381 e. The van der Waals surface area contributed by atoms with E-state index in [1.54, 1.807) is 0 Å². The molecule has 0 aliphatic carbocycles. The smallest absolute Gasteiger partial charge is 0.102 e. The fourth-order valence-corrected chi connectivity index (χ4v) is 1.81. The van der Waals surface area contributed by atoms with Gasteiger partial charge in [0.05, 0.1) is 12.8 Å². The summed E-state index contributed by atoms with van der Waals surface area (Å²) in [5, 5.41) is 9.05. The van der Waals surface area contributed by atoms with Crippen LogP contribution < -0.4 is 0 Å². The number of nitrogens with zero attached hydrogens (tertiary/aromatic N) is 1. The van der Waals surface area contributed by atoms with Crippen LogP contribution in [-0.4, -0.2) is 29.5 Å². The van der Waals surface area contributed by atoms with E-state index in [-0.39, 0.29) is 18.9 Å². The molecule has 0 saturated carbocycles. The SMILES string of the molecule is CC1C(c2ccccc2)OCN1CO. The number of aliphatic hydroxyl groups is 1. The second-order valence-corrected chi connectivity index (χ2v) is 3.60. The number of benzene rings is 1. The summed E-state index contributed by atoms with van der Waals surface area (Å²) in [5.74, 6) is 0.